The third-order valence-corrected chi connectivity index (χ3v) is 15.4. The largest absolute Gasteiger partial charge is 0.453 e. The molecule has 0 fully saturated rings. The molecular weight excluding hydrogens is 901 g/mol. The van der Waals surface area contributed by atoms with Gasteiger partial charge in [0.2, 0.25) is 0 Å². The van der Waals surface area contributed by atoms with Gasteiger partial charge in [-0.3, -0.25) is 0 Å². The van der Waals surface area contributed by atoms with E-state index in [0.29, 0.717) is 0 Å². The molecule has 0 bridgehead atoms. The van der Waals surface area contributed by atoms with Gasteiger partial charge < -0.3 is 18.6 Å². The van der Waals surface area contributed by atoms with E-state index in [1.807, 2.05) is 0 Å². The summed E-state index contributed by atoms with van der Waals surface area (Å²) in [5.41, 5.74) is 17.6. The maximum Gasteiger partial charge on any atom is 0.159 e. The Morgan fingerprint density at radius 2 is 0.703 bits per heavy atom. The summed E-state index contributed by atoms with van der Waals surface area (Å²) < 4.78 is 14.6. The lowest BCUT2D eigenvalue weighted by Gasteiger charge is -2.32. The number of hydrogen-bond acceptors (Lipinski definition) is 4. The summed E-state index contributed by atoms with van der Waals surface area (Å²) in [7, 11) is 0. The van der Waals surface area contributed by atoms with Gasteiger partial charge in [0.25, 0.3) is 0 Å². The lowest BCUT2D eigenvalue weighted by atomic mass is 9.83. The standard InChI is InChI=1S/C70H52N2O2/c1-43-20-12-14-26-50(43)52-28-16-30-54-56-32-18-34-60(68(56)73-66(52)54)71(48-22-8-6-9-23-48)62-42-63(59-39-37-46-41-47(70(3,4)5)40-45-36-38-58(62)65(59)64(45)46)72(49-24-10-7-11-25-49)61-35-19-33-57-55-31-17-29-53(67(55)74-69(57)61)51-27-15-13-21-44(51)2/h6-42H,1-5H3. The summed E-state index contributed by atoms with van der Waals surface area (Å²) in [6.45, 7) is 11.3. The number of benzene rings is 12. The van der Waals surface area contributed by atoms with E-state index >= 15 is 0 Å². The molecule has 0 aliphatic carbocycles. The van der Waals surface area contributed by atoms with E-state index in [1.54, 1.807) is 0 Å². The molecule has 0 unspecified atom stereocenters. The maximum atomic E-state index is 7.30. The van der Waals surface area contributed by atoms with Crippen LogP contribution in [-0.2, 0) is 5.41 Å². The minimum atomic E-state index is -0.0380. The third-order valence-electron chi connectivity index (χ3n) is 15.4. The van der Waals surface area contributed by atoms with Gasteiger partial charge in [0.05, 0.1) is 22.7 Å². The molecule has 14 rings (SSSR count). The number of rotatable bonds is 8. The lowest BCUT2D eigenvalue weighted by Crippen LogP contribution is -2.15. The van der Waals surface area contributed by atoms with Crippen LogP contribution in [0.4, 0.5) is 34.1 Å². The number of nitrogens with zero attached hydrogens (tertiary/aromatic N) is 2. The van der Waals surface area contributed by atoms with Crippen molar-refractivity contribution in [1.82, 2.24) is 0 Å². The second kappa shape index (κ2) is 16.7. The van der Waals surface area contributed by atoms with Crippen molar-refractivity contribution < 1.29 is 8.83 Å². The van der Waals surface area contributed by atoms with E-state index < -0.39 is 0 Å². The number of aryl methyl sites for hydroxylation is 2. The van der Waals surface area contributed by atoms with Crippen LogP contribution in [-0.4, -0.2) is 0 Å². The quantitative estimate of drug-likeness (QED) is 0.142. The van der Waals surface area contributed by atoms with E-state index in [1.165, 1.54) is 38.2 Å². The second-order valence-corrected chi connectivity index (χ2v) is 20.9. The number of anilines is 6. The normalized spacial score (nSPS) is 12.1. The molecule has 0 atom stereocenters. The molecular formula is C70H52N2O2. The fourth-order valence-corrected chi connectivity index (χ4v) is 11.8. The van der Waals surface area contributed by atoms with Gasteiger partial charge in [-0.1, -0.05) is 203 Å². The van der Waals surface area contributed by atoms with E-state index in [9.17, 15) is 0 Å². The molecule has 2 heterocycles. The molecule has 0 spiro atoms. The predicted octanol–water partition coefficient (Wildman–Crippen LogP) is 20.6. The number of furan rings is 2. The van der Waals surface area contributed by atoms with Gasteiger partial charge in [-0.2, -0.15) is 0 Å². The summed E-state index contributed by atoms with van der Waals surface area (Å²) in [4.78, 5) is 4.85. The second-order valence-electron chi connectivity index (χ2n) is 20.9. The van der Waals surface area contributed by atoms with Crippen molar-refractivity contribution in [3.05, 3.63) is 241 Å². The molecule has 0 amide bonds. The average Bonchev–Trinajstić information content (AvgIpc) is 4.02. The van der Waals surface area contributed by atoms with Crippen LogP contribution < -0.4 is 9.80 Å². The fourth-order valence-electron chi connectivity index (χ4n) is 11.8. The lowest BCUT2D eigenvalue weighted by molar-refractivity contribution is 0.591. The zero-order valence-electron chi connectivity index (χ0n) is 42.1. The zero-order chi connectivity index (χ0) is 49.8. The Hall–Kier alpha value is -9.12. The van der Waals surface area contributed by atoms with Gasteiger partial charge >= 0.3 is 0 Å². The molecule has 0 aliphatic rings. The molecule has 74 heavy (non-hydrogen) atoms. The molecule has 354 valence electrons. The highest BCUT2D eigenvalue weighted by Gasteiger charge is 2.29. The summed E-state index contributed by atoms with van der Waals surface area (Å²) in [6.07, 6.45) is 0. The Morgan fingerprint density at radius 3 is 1.14 bits per heavy atom. The van der Waals surface area contributed by atoms with Crippen molar-refractivity contribution in [3.8, 4) is 22.3 Å². The molecule has 4 heteroatoms. The topological polar surface area (TPSA) is 32.8 Å². The number of hydrogen-bond donors (Lipinski definition) is 0. The van der Waals surface area contributed by atoms with E-state index in [0.717, 1.165) is 111 Å². The Morgan fingerprint density at radius 1 is 0.311 bits per heavy atom. The van der Waals surface area contributed by atoms with E-state index in [2.05, 4.69) is 269 Å². The van der Waals surface area contributed by atoms with Crippen molar-refractivity contribution in [2.75, 3.05) is 9.80 Å². The van der Waals surface area contributed by atoms with Gasteiger partial charge in [-0.15, -0.1) is 0 Å². The first kappa shape index (κ1) is 43.7. The summed E-state index contributed by atoms with van der Waals surface area (Å²) >= 11 is 0. The summed E-state index contributed by atoms with van der Waals surface area (Å²) in [5.74, 6) is 0. The molecule has 14 aromatic rings. The van der Waals surface area contributed by atoms with Crippen LogP contribution in [0.2, 0.25) is 0 Å². The highest BCUT2D eigenvalue weighted by Crippen LogP contribution is 2.53. The molecule has 0 saturated carbocycles. The van der Waals surface area contributed by atoms with Crippen LogP contribution in [0.1, 0.15) is 37.5 Å². The van der Waals surface area contributed by atoms with Gasteiger partial charge in [-0.25, -0.2) is 0 Å². The molecule has 0 N–H and O–H groups in total. The Kier molecular flexibility index (Phi) is 9.87. The monoisotopic (exact) mass is 952 g/mol. The first-order chi connectivity index (χ1) is 36.2. The predicted molar refractivity (Wildman–Crippen MR) is 313 cm³/mol. The first-order valence-corrected chi connectivity index (χ1v) is 25.7. The van der Waals surface area contributed by atoms with Crippen molar-refractivity contribution in [1.29, 1.82) is 0 Å². The van der Waals surface area contributed by atoms with Crippen molar-refractivity contribution in [2.45, 2.75) is 40.0 Å². The number of fused-ring (bicyclic) bond motifs is 6. The maximum absolute atomic E-state index is 7.30. The van der Waals surface area contributed by atoms with Crippen LogP contribution >= 0.6 is 0 Å². The molecule has 2 aromatic heterocycles. The Labute approximate surface area is 430 Å². The highest BCUT2D eigenvalue weighted by molar-refractivity contribution is 6.30. The van der Waals surface area contributed by atoms with Crippen molar-refractivity contribution in [3.63, 3.8) is 0 Å². The summed E-state index contributed by atoms with van der Waals surface area (Å²) in [6, 6.07) is 81.5. The molecule has 4 nitrogen and oxygen atoms in total. The van der Waals surface area contributed by atoms with Gasteiger partial charge in [0.1, 0.15) is 11.2 Å². The van der Waals surface area contributed by atoms with E-state index in [4.69, 9.17) is 8.83 Å². The van der Waals surface area contributed by atoms with Gasteiger partial charge in [0, 0.05) is 60.2 Å². The van der Waals surface area contributed by atoms with Crippen LogP contribution in [0.3, 0.4) is 0 Å². The molecule has 0 aliphatic heterocycles. The average molecular weight is 953 g/mol. The minimum Gasteiger partial charge on any atom is -0.453 e. The van der Waals surface area contributed by atoms with Crippen LogP contribution in [0.5, 0.6) is 0 Å². The van der Waals surface area contributed by atoms with Gasteiger partial charge in [-0.05, 0) is 106 Å². The zero-order valence-corrected chi connectivity index (χ0v) is 42.1. The SMILES string of the molecule is Cc1ccccc1-c1cccc2c1oc1c(N(c3ccccc3)c3cc(N(c4ccccc4)c4cccc5c4oc4c(-c6ccccc6C)cccc45)c4ccc5cc(C(C)(C)C)cc6ccc3c4c65)cccc12. The fraction of sp³-hybridized carbons (Fsp3) is 0.0857. The van der Waals surface area contributed by atoms with Gasteiger partial charge in [0.15, 0.2) is 11.2 Å². The minimum absolute atomic E-state index is 0.0380. The molecule has 12 aromatic carbocycles. The Bertz CT molecular complexity index is 4220. The van der Waals surface area contributed by atoms with Crippen molar-refractivity contribution in [2.24, 2.45) is 0 Å². The highest BCUT2D eigenvalue weighted by atomic mass is 16.3. The molecule has 0 saturated heterocycles. The Balaban J connectivity index is 1.10. The van der Waals surface area contributed by atoms with Crippen LogP contribution in [0.15, 0.2) is 233 Å². The van der Waals surface area contributed by atoms with Crippen molar-refractivity contribution >= 4 is 110 Å². The molecule has 0 radical (unpaired) electrons. The smallest absolute Gasteiger partial charge is 0.159 e. The number of para-hydroxylation sites is 6. The summed E-state index contributed by atoms with van der Waals surface area (Å²) in [5, 5.41) is 11.5. The van der Waals surface area contributed by atoms with E-state index in [-0.39, 0.29) is 5.41 Å². The first-order valence-electron chi connectivity index (χ1n) is 25.7. The van der Waals surface area contributed by atoms with Crippen LogP contribution in [0, 0.1) is 13.8 Å². The third kappa shape index (κ3) is 6.75. The van der Waals surface area contributed by atoms with Crippen LogP contribution in [0.25, 0.3) is 98.4 Å².